The van der Waals surface area contributed by atoms with Crippen LogP contribution in [0.25, 0.3) is 10.9 Å². The maximum Gasteiger partial charge on any atom is 0.227 e. The number of ether oxygens (including phenoxy) is 1. The van der Waals surface area contributed by atoms with Crippen molar-refractivity contribution in [1.82, 2.24) is 9.97 Å². The van der Waals surface area contributed by atoms with Crippen molar-refractivity contribution in [2.45, 2.75) is 25.8 Å². The Labute approximate surface area is 165 Å². The van der Waals surface area contributed by atoms with Crippen LogP contribution in [0, 0.1) is 0 Å². The molecule has 0 saturated carbocycles. The predicted octanol–water partition coefficient (Wildman–Crippen LogP) is 3.57. The highest BCUT2D eigenvalue weighted by molar-refractivity contribution is 5.90. The highest BCUT2D eigenvalue weighted by atomic mass is 16.5. The molecule has 3 N–H and O–H groups in total. The van der Waals surface area contributed by atoms with Gasteiger partial charge in [0.1, 0.15) is 18.2 Å². The van der Waals surface area contributed by atoms with Gasteiger partial charge in [0.05, 0.1) is 12.1 Å². The summed E-state index contributed by atoms with van der Waals surface area (Å²) in [5.74, 6) is 2.52. The van der Waals surface area contributed by atoms with Crippen molar-refractivity contribution in [3.05, 3.63) is 54.1 Å². The molecule has 28 heavy (non-hydrogen) atoms. The number of hydrogen-bond acceptors (Lipinski definition) is 6. The van der Waals surface area contributed by atoms with E-state index >= 15 is 0 Å². The first kappa shape index (κ1) is 18.5. The van der Waals surface area contributed by atoms with Gasteiger partial charge >= 0.3 is 0 Å². The van der Waals surface area contributed by atoms with Crippen LogP contribution in [0.15, 0.2) is 48.5 Å². The number of fused-ring (bicyclic) bond motifs is 1. The van der Waals surface area contributed by atoms with E-state index in [0.29, 0.717) is 19.7 Å². The van der Waals surface area contributed by atoms with Crippen molar-refractivity contribution in [2.24, 2.45) is 5.73 Å². The van der Waals surface area contributed by atoms with E-state index in [4.69, 9.17) is 20.4 Å². The molecule has 0 amide bonds. The average molecular weight is 377 g/mol. The summed E-state index contributed by atoms with van der Waals surface area (Å²) in [7, 11) is 0. The van der Waals surface area contributed by atoms with Crippen LogP contribution in [0.3, 0.4) is 0 Å². The first-order valence-electron chi connectivity index (χ1n) is 10.0. The first-order chi connectivity index (χ1) is 13.8. The molecule has 0 atom stereocenters. The van der Waals surface area contributed by atoms with Crippen molar-refractivity contribution >= 4 is 22.7 Å². The van der Waals surface area contributed by atoms with E-state index in [9.17, 15) is 0 Å². The van der Waals surface area contributed by atoms with Crippen molar-refractivity contribution in [2.75, 3.05) is 36.5 Å². The number of nitrogens with zero attached hydrogens (tertiary/aromatic N) is 3. The summed E-state index contributed by atoms with van der Waals surface area (Å²) in [4.78, 5) is 11.9. The maximum atomic E-state index is 5.86. The molecule has 0 unspecified atom stereocenters. The number of benzene rings is 2. The van der Waals surface area contributed by atoms with Gasteiger partial charge in [-0.05, 0) is 49.1 Å². The number of para-hydroxylation sites is 1. The van der Waals surface area contributed by atoms with Gasteiger partial charge in [0, 0.05) is 25.0 Å². The molecule has 2 aromatic carbocycles. The molecule has 1 fully saturated rings. The number of piperidine rings is 1. The molecule has 0 radical (unpaired) electrons. The third kappa shape index (κ3) is 4.34. The SMILES string of the molecule is NCc1cccc(OCCNc2nc(N3CCCCC3)nc3ccccc23)c1. The second kappa shape index (κ2) is 8.89. The van der Waals surface area contributed by atoms with Gasteiger partial charge in [0.25, 0.3) is 0 Å². The number of anilines is 2. The van der Waals surface area contributed by atoms with Crippen LogP contribution in [0.4, 0.5) is 11.8 Å². The summed E-state index contributed by atoms with van der Waals surface area (Å²) >= 11 is 0. The molecule has 6 nitrogen and oxygen atoms in total. The zero-order valence-corrected chi connectivity index (χ0v) is 16.1. The Morgan fingerprint density at radius 2 is 1.86 bits per heavy atom. The van der Waals surface area contributed by atoms with E-state index in [1.807, 2.05) is 42.5 Å². The summed E-state index contributed by atoms with van der Waals surface area (Å²) in [5.41, 5.74) is 7.73. The van der Waals surface area contributed by atoms with E-state index < -0.39 is 0 Å². The van der Waals surface area contributed by atoms with Crippen LogP contribution in [0.1, 0.15) is 24.8 Å². The van der Waals surface area contributed by atoms with Gasteiger partial charge in [0.2, 0.25) is 5.95 Å². The molecule has 146 valence electrons. The van der Waals surface area contributed by atoms with Crippen LogP contribution in [-0.2, 0) is 6.54 Å². The zero-order chi connectivity index (χ0) is 19.2. The largest absolute Gasteiger partial charge is 0.492 e. The Balaban J connectivity index is 1.46. The lowest BCUT2D eigenvalue weighted by Gasteiger charge is -2.27. The number of rotatable bonds is 7. The Kier molecular flexibility index (Phi) is 5.87. The summed E-state index contributed by atoms with van der Waals surface area (Å²) in [6.45, 7) is 3.77. The first-order valence-corrected chi connectivity index (χ1v) is 10.0. The molecule has 4 rings (SSSR count). The molecule has 0 bridgehead atoms. The van der Waals surface area contributed by atoms with Crippen LogP contribution < -0.4 is 20.7 Å². The molecule has 6 heteroatoms. The molecular formula is C22H27N5O. The number of hydrogen-bond donors (Lipinski definition) is 2. The molecule has 1 saturated heterocycles. The number of nitrogens with one attached hydrogen (secondary N) is 1. The lowest BCUT2D eigenvalue weighted by atomic mass is 10.1. The third-order valence-corrected chi connectivity index (χ3v) is 5.03. The fraction of sp³-hybridized carbons (Fsp3) is 0.364. The molecule has 1 aliphatic rings. The van der Waals surface area contributed by atoms with Crippen LogP contribution in [0.5, 0.6) is 5.75 Å². The fourth-order valence-electron chi connectivity index (χ4n) is 3.53. The summed E-state index contributed by atoms with van der Waals surface area (Å²) in [6, 6.07) is 16.0. The van der Waals surface area contributed by atoms with Gasteiger partial charge in [-0.1, -0.05) is 24.3 Å². The van der Waals surface area contributed by atoms with Gasteiger partial charge in [0.15, 0.2) is 0 Å². The molecule has 1 aromatic heterocycles. The van der Waals surface area contributed by atoms with Gasteiger partial charge in [-0.25, -0.2) is 4.98 Å². The highest BCUT2D eigenvalue weighted by Crippen LogP contribution is 2.25. The van der Waals surface area contributed by atoms with Crippen LogP contribution in [-0.4, -0.2) is 36.2 Å². The number of nitrogens with two attached hydrogens (primary N) is 1. The second-order valence-electron chi connectivity index (χ2n) is 7.06. The minimum atomic E-state index is 0.516. The third-order valence-electron chi connectivity index (χ3n) is 5.03. The minimum absolute atomic E-state index is 0.516. The Morgan fingerprint density at radius 3 is 2.71 bits per heavy atom. The predicted molar refractivity (Wildman–Crippen MR) is 114 cm³/mol. The van der Waals surface area contributed by atoms with E-state index in [0.717, 1.165) is 47.1 Å². The molecule has 2 heterocycles. The van der Waals surface area contributed by atoms with Gasteiger partial charge in [-0.2, -0.15) is 4.98 Å². The molecule has 0 aliphatic carbocycles. The smallest absolute Gasteiger partial charge is 0.227 e. The molecule has 3 aromatic rings. The fourth-order valence-corrected chi connectivity index (χ4v) is 3.53. The molecular weight excluding hydrogens is 350 g/mol. The molecule has 1 aliphatic heterocycles. The standard InChI is InChI=1S/C22H27N5O/c23-16-17-7-6-8-18(15-17)28-14-11-24-21-19-9-2-3-10-20(19)25-22(26-21)27-12-4-1-5-13-27/h2-3,6-10,15H,1,4-5,11-14,16,23H2,(H,24,25,26). The Hall–Kier alpha value is -2.86. The second-order valence-corrected chi connectivity index (χ2v) is 7.06. The Bertz CT molecular complexity index is 924. The quantitative estimate of drug-likeness (QED) is 0.613. The van der Waals surface area contributed by atoms with Crippen LogP contribution in [0.2, 0.25) is 0 Å². The van der Waals surface area contributed by atoms with Crippen molar-refractivity contribution < 1.29 is 4.74 Å². The molecule has 0 spiro atoms. The van der Waals surface area contributed by atoms with E-state index in [1.165, 1.54) is 19.3 Å². The lowest BCUT2D eigenvalue weighted by molar-refractivity contribution is 0.332. The Morgan fingerprint density at radius 1 is 1.00 bits per heavy atom. The summed E-state index contributed by atoms with van der Waals surface area (Å²) < 4.78 is 5.86. The van der Waals surface area contributed by atoms with Crippen molar-refractivity contribution in [1.29, 1.82) is 0 Å². The number of aromatic nitrogens is 2. The summed E-state index contributed by atoms with van der Waals surface area (Å²) in [5, 5.41) is 4.47. The van der Waals surface area contributed by atoms with Crippen molar-refractivity contribution in [3.63, 3.8) is 0 Å². The highest BCUT2D eigenvalue weighted by Gasteiger charge is 2.16. The maximum absolute atomic E-state index is 5.86. The van der Waals surface area contributed by atoms with Crippen LogP contribution >= 0.6 is 0 Å². The van der Waals surface area contributed by atoms with E-state index in [2.05, 4.69) is 16.3 Å². The van der Waals surface area contributed by atoms with Crippen molar-refractivity contribution in [3.8, 4) is 5.75 Å². The average Bonchev–Trinajstić information content (AvgIpc) is 2.77. The minimum Gasteiger partial charge on any atom is -0.492 e. The topological polar surface area (TPSA) is 76.3 Å². The van der Waals surface area contributed by atoms with Gasteiger partial charge < -0.3 is 20.7 Å². The zero-order valence-electron chi connectivity index (χ0n) is 16.1. The van der Waals surface area contributed by atoms with Gasteiger partial charge in [-0.3, -0.25) is 0 Å². The van der Waals surface area contributed by atoms with E-state index in [-0.39, 0.29) is 0 Å². The normalized spacial score (nSPS) is 14.2. The monoisotopic (exact) mass is 377 g/mol. The van der Waals surface area contributed by atoms with Gasteiger partial charge in [-0.15, -0.1) is 0 Å². The lowest BCUT2D eigenvalue weighted by Crippen LogP contribution is -2.31. The van der Waals surface area contributed by atoms with E-state index in [1.54, 1.807) is 0 Å². The summed E-state index contributed by atoms with van der Waals surface area (Å²) in [6.07, 6.45) is 3.70.